The van der Waals surface area contributed by atoms with Crippen molar-refractivity contribution in [2.24, 2.45) is 0 Å². The van der Waals surface area contributed by atoms with E-state index >= 15 is 0 Å². The highest BCUT2D eigenvalue weighted by Gasteiger charge is 2.29. The molecular weight excluding hydrogens is 508 g/mol. The predicted molar refractivity (Wildman–Crippen MR) is 162 cm³/mol. The second-order valence-corrected chi connectivity index (χ2v) is 11.0. The van der Waals surface area contributed by atoms with Crippen LogP contribution < -0.4 is 25.6 Å². The molecule has 0 unspecified atom stereocenters. The number of hydrogen-bond donors (Lipinski definition) is 3. The highest BCUT2D eigenvalue weighted by Crippen LogP contribution is 2.32. The second kappa shape index (κ2) is 15.5. The van der Waals surface area contributed by atoms with Crippen LogP contribution in [-0.2, 0) is 11.2 Å². The van der Waals surface area contributed by atoms with Gasteiger partial charge in [0.1, 0.15) is 5.75 Å². The lowest BCUT2D eigenvalue weighted by Crippen LogP contribution is -2.46. The summed E-state index contributed by atoms with van der Waals surface area (Å²) in [4.78, 5) is 26.8. The molecule has 2 heterocycles. The number of aryl methyl sites for hydroxylation is 1. The third-order valence-electron chi connectivity index (χ3n) is 7.04. The van der Waals surface area contributed by atoms with Gasteiger partial charge >= 0.3 is 6.03 Å². The summed E-state index contributed by atoms with van der Waals surface area (Å²) in [7, 11) is 0. The molecule has 0 saturated heterocycles. The minimum absolute atomic E-state index is 0.157. The van der Waals surface area contributed by atoms with Crippen molar-refractivity contribution in [3.05, 3.63) is 53.4 Å². The summed E-state index contributed by atoms with van der Waals surface area (Å²) in [6, 6.07) is 14.0. The van der Waals surface area contributed by atoms with E-state index in [4.69, 9.17) is 4.74 Å². The van der Waals surface area contributed by atoms with E-state index in [2.05, 4.69) is 52.5 Å². The number of unbranched alkanes of at least 4 members (excludes halogenated alkanes) is 5. The molecule has 0 aliphatic carbocycles. The number of thiophene rings is 1. The first kappa shape index (κ1) is 28.9. The summed E-state index contributed by atoms with van der Waals surface area (Å²) in [5, 5.41) is 13.4. The quantitative estimate of drug-likeness (QED) is 0.173. The largest absolute Gasteiger partial charge is 0.494 e. The van der Waals surface area contributed by atoms with Gasteiger partial charge in [0.2, 0.25) is 5.91 Å². The zero-order valence-electron chi connectivity index (χ0n) is 23.1. The van der Waals surface area contributed by atoms with Crippen molar-refractivity contribution < 1.29 is 14.3 Å². The Morgan fingerprint density at radius 3 is 2.72 bits per heavy atom. The molecule has 0 spiro atoms. The van der Waals surface area contributed by atoms with Crippen molar-refractivity contribution in [2.45, 2.75) is 64.7 Å². The van der Waals surface area contributed by atoms with Gasteiger partial charge < -0.3 is 20.7 Å². The van der Waals surface area contributed by atoms with Gasteiger partial charge in [0, 0.05) is 47.9 Å². The number of fused-ring (bicyclic) bond motifs is 2. The van der Waals surface area contributed by atoms with Crippen LogP contribution in [0.2, 0.25) is 0 Å². The first-order chi connectivity index (χ1) is 19.2. The summed E-state index contributed by atoms with van der Waals surface area (Å²) in [6.45, 7) is 6.08. The van der Waals surface area contributed by atoms with Gasteiger partial charge in [-0.3, -0.25) is 4.79 Å². The van der Waals surface area contributed by atoms with E-state index in [1.54, 1.807) is 11.3 Å². The Morgan fingerprint density at radius 1 is 0.949 bits per heavy atom. The smallest absolute Gasteiger partial charge is 0.328 e. The molecule has 0 radical (unpaired) electrons. The molecule has 0 fully saturated rings. The number of imide groups is 1. The fourth-order valence-electron chi connectivity index (χ4n) is 4.87. The highest BCUT2D eigenvalue weighted by atomic mass is 32.1. The van der Waals surface area contributed by atoms with Crippen molar-refractivity contribution in [1.29, 1.82) is 0 Å². The minimum Gasteiger partial charge on any atom is -0.494 e. The van der Waals surface area contributed by atoms with Crippen LogP contribution in [0.15, 0.2) is 47.8 Å². The van der Waals surface area contributed by atoms with Gasteiger partial charge in [-0.2, -0.15) is 0 Å². The number of benzene rings is 2. The van der Waals surface area contributed by atoms with Crippen LogP contribution >= 0.6 is 11.3 Å². The summed E-state index contributed by atoms with van der Waals surface area (Å²) in [5.74, 6) is 0.538. The number of carbonyl (C=O) groups excluding carboxylic acids is 2. The van der Waals surface area contributed by atoms with Crippen LogP contribution in [0.4, 0.5) is 16.2 Å². The van der Waals surface area contributed by atoms with Gasteiger partial charge in [-0.1, -0.05) is 44.7 Å². The first-order valence-electron chi connectivity index (χ1n) is 14.4. The molecule has 39 heavy (non-hydrogen) atoms. The van der Waals surface area contributed by atoms with Crippen molar-refractivity contribution in [1.82, 2.24) is 10.6 Å². The summed E-state index contributed by atoms with van der Waals surface area (Å²) in [6.07, 6.45) is 8.55. The first-order valence-corrected chi connectivity index (χ1v) is 15.3. The monoisotopic (exact) mass is 550 g/mol. The van der Waals surface area contributed by atoms with Crippen LogP contribution in [0.5, 0.6) is 5.75 Å². The summed E-state index contributed by atoms with van der Waals surface area (Å²) in [5.41, 5.74) is 2.85. The standard InChI is InChI=1S/C31H42N4O3S/c1-2-3-4-5-6-18-34-31(37)35-28-23-25(14-12-24(28)13-15-30(35)36)38-21-8-7-17-32-19-20-33-27-10-9-11-29-26(27)16-22-39-29/h9-12,14,16,22-23,32-33H,2-8,13,15,17-21H2,1H3,(H,34,37). The molecule has 2 aromatic carbocycles. The molecule has 7 nitrogen and oxygen atoms in total. The average molecular weight is 551 g/mol. The van der Waals surface area contributed by atoms with Crippen LogP contribution in [0.3, 0.4) is 0 Å². The molecule has 210 valence electrons. The fraction of sp³-hybridized carbons (Fsp3) is 0.484. The van der Waals surface area contributed by atoms with Gasteiger partial charge in [0.15, 0.2) is 0 Å². The van der Waals surface area contributed by atoms with Gasteiger partial charge in [0.25, 0.3) is 0 Å². The average Bonchev–Trinajstić information content (AvgIpc) is 3.43. The topological polar surface area (TPSA) is 82.7 Å². The van der Waals surface area contributed by atoms with Gasteiger partial charge in [-0.25, -0.2) is 9.69 Å². The number of nitrogens with one attached hydrogen (secondary N) is 3. The van der Waals surface area contributed by atoms with E-state index in [0.29, 0.717) is 37.4 Å². The molecule has 0 atom stereocenters. The van der Waals surface area contributed by atoms with Crippen LogP contribution in [-0.4, -0.2) is 44.7 Å². The lowest BCUT2D eigenvalue weighted by molar-refractivity contribution is -0.118. The van der Waals surface area contributed by atoms with E-state index < -0.39 is 0 Å². The molecule has 8 heteroatoms. The molecule has 4 rings (SSSR count). The molecule has 0 saturated carbocycles. The molecule has 0 bridgehead atoms. The van der Waals surface area contributed by atoms with Gasteiger partial charge in [-0.15, -0.1) is 11.3 Å². The number of urea groups is 1. The van der Waals surface area contributed by atoms with E-state index in [0.717, 1.165) is 50.9 Å². The van der Waals surface area contributed by atoms with E-state index in [1.165, 1.54) is 39.9 Å². The molecule has 3 amide bonds. The van der Waals surface area contributed by atoms with E-state index in [1.807, 2.05) is 18.2 Å². The van der Waals surface area contributed by atoms with E-state index in [-0.39, 0.29) is 11.9 Å². The lowest BCUT2D eigenvalue weighted by Gasteiger charge is -2.28. The van der Waals surface area contributed by atoms with Crippen LogP contribution in [0, 0.1) is 0 Å². The fourth-order valence-corrected chi connectivity index (χ4v) is 5.68. The summed E-state index contributed by atoms with van der Waals surface area (Å²) >= 11 is 1.77. The molecular formula is C31H42N4O3S. The zero-order valence-corrected chi connectivity index (χ0v) is 23.9. The third kappa shape index (κ3) is 8.44. The number of nitrogens with zero attached hydrogens (tertiary/aromatic N) is 1. The molecule has 1 aromatic heterocycles. The number of anilines is 2. The predicted octanol–water partition coefficient (Wildman–Crippen LogP) is 6.72. The SMILES string of the molecule is CCCCCCCNC(=O)N1C(=O)CCc2ccc(OCCCCNCCNc3cccc4sccc34)cc21. The molecule has 1 aliphatic rings. The number of amides is 3. The maximum absolute atomic E-state index is 12.8. The second-order valence-electron chi connectivity index (χ2n) is 10.0. The molecule has 3 aromatic rings. The van der Waals surface area contributed by atoms with Crippen molar-refractivity contribution in [3.63, 3.8) is 0 Å². The Labute approximate surface area is 236 Å². The maximum atomic E-state index is 12.8. The Balaban J connectivity index is 1.14. The Kier molecular flexibility index (Phi) is 11.5. The Hall–Kier alpha value is -3.10. The number of rotatable bonds is 16. The van der Waals surface area contributed by atoms with Crippen molar-refractivity contribution in [2.75, 3.05) is 43.0 Å². The van der Waals surface area contributed by atoms with Crippen molar-refractivity contribution >= 4 is 44.7 Å². The van der Waals surface area contributed by atoms with Gasteiger partial charge in [-0.05, 0) is 67.4 Å². The van der Waals surface area contributed by atoms with Gasteiger partial charge in [0.05, 0.1) is 12.3 Å². The normalized spacial score (nSPS) is 12.9. The molecule has 3 N–H and O–H groups in total. The van der Waals surface area contributed by atoms with Crippen molar-refractivity contribution in [3.8, 4) is 5.75 Å². The molecule has 1 aliphatic heterocycles. The lowest BCUT2D eigenvalue weighted by atomic mass is 10.0. The zero-order chi connectivity index (χ0) is 27.3. The maximum Gasteiger partial charge on any atom is 0.328 e. The number of hydrogen-bond acceptors (Lipinski definition) is 6. The minimum atomic E-state index is -0.332. The highest BCUT2D eigenvalue weighted by molar-refractivity contribution is 7.17. The summed E-state index contributed by atoms with van der Waals surface area (Å²) < 4.78 is 7.29. The van der Waals surface area contributed by atoms with E-state index in [9.17, 15) is 9.59 Å². The van der Waals surface area contributed by atoms with Crippen LogP contribution in [0.25, 0.3) is 10.1 Å². The number of carbonyl (C=O) groups is 2. The third-order valence-corrected chi connectivity index (χ3v) is 7.93. The van der Waals surface area contributed by atoms with Crippen LogP contribution in [0.1, 0.15) is 63.9 Å². The number of ether oxygens (including phenoxy) is 1. The Morgan fingerprint density at radius 2 is 1.82 bits per heavy atom. The Bertz CT molecular complexity index is 1210.